The number of nitrogens with zero attached hydrogens (tertiary/aromatic N) is 2. The van der Waals surface area contributed by atoms with Gasteiger partial charge in [-0.05, 0) is 30.2 Å². The first kappa shape index (κ1) is 20.2. The van der Waals surface area contributed by atoms with Crippen LogP contribution in [-0.4, -0.2) is 15.7 Å². The lowest BCUT2D eigenvalue weighted by molar-refractivity contribution is -0.141. The van der Waals surface area contributed by atoms with Gasteiger partial charge in [-0.2, -0.15) is 18.3 Å². The molecular formula is C19H17F4N3O. The molecule has 0 atom stereocenters. The lowest BCUT2D eigenvalue weighted by Crippen LogP contribution is -2.17. The zero-order valence-corrected chi connectivity index (χ0v) is 14.6. The number of nitrogens with two attached hydrogens (primary N) is 1. The molecule has 2 aromatic carbocycles. The van der Waals surface area contributed by atoms with Crippen LogP contribution in [0, 0.1) is 12.7 Å². The van der Waals surface area contributed by atoms with E-state index in [0.29, 0.717) is 0 Å². The predicted octanol–water partition coefficient (Wildman–Crippen LogP) is 4.34. The van der Waals surface area contributed by atoms with E-state index in [1.54, 1.807) is 12.1 Å². The lowest BCUT2D eigenvalue weighted by atomic mass is 10.0. The molecule has 0 spiro atoms. The van der Waals surface area contributed by atoms with Crippen LogP contribution in [0.1, 0.15) is 21.6 Å². The summed E-state index contributed by atoms with van der Waals surface area (Å²) >= 11 is 0. The molecule has 0 aliphatic carbocycles. The number of rotatable bonds is 2. The van der Waals surface area contributed by atoms with Crippen LogP contribution >= 0.6 is 0 Å². The van der Waals surface area contributed by atoms with Gasteiger partial charge >= 0.3 is 6.18 Å². The Morgan fingerprint density at radius 2 is 1.70 bits per heavy atom. The van der Waals surface area contributed by atoms with Gasteiger partial charge in [0.2, 0.25) is 0 Å². The summed E-state index contributed by atoms with van der Waals surface area (Å²) in [6.07, 6.45) is -3.71. The third kappa shape index (κ3) is 5.40. The Bertz CT molecular complexity index is 931. The van der Waals surface area contributed by atoms with Gasteiger partial charge in [-0.3, -0.25) is 9.48 Å². The molecule has 0 aliphatic rings. The third-order valence-corrected chi connectivity index (χ3v) is 3.57. The summed E-state index contributed by atoms with van der Waals surface area (Å²) in [5, 5.41) is 3.09. The number of amides is 1. The van der Waals surface area contributed by atoms with Crippen molar-refractivity contribution in [3.05, 3.63) is 77.4 Å². The maximum atomic E-state index is 12.9. The molecule has 0 fully saturated rings. The van der Waals surface area contributed by atoms with Crippen molar-refractivity contribution in [1.29, 1.82) is 0 Å². The van der Waals surface area contributed by atoms with Gasteiger partial charge in [0.15, 0.2) is 5.69 Å². The number of carbonyl (C=O) groups is 1. The summed E-state index contributed by atoms with van der Waals surface area (Å²) in [7, 11) is 1.28. The highest BCUT2D eigenvalue weighted by molar-refractivity contribution is 5.93. The molecule has 0 unspecified atom stereocenters. The molecule has 0 aliphatic heterocycles. The minimum Gasteiger partial charge on any atom is -0.365 e. The van der Waals surface area contributed by atoms with Crippen molar-refractivity contribution in [2.24, 2.45) is 12.8 Å². The zero-order valence-electron chi connectivity index (χ0n) is 14.6. The topological polar surface area (TPSA) is 60.9 Å². The van der Waals surface area contributed by atoms with E-state index in [1.165, 1.54) is 18.7 Å². The first-order chi connectivity index (χ1) is 12.6. The number of primary amides is 1. The average molecular weight is 379 g/mol. The minimum absolute atomic E-state index is 0.192. The van der Waals surface area contributed by atoms with Gasteiger partial charge in [-0.15, -0.1) is 0 Å². The van der Waals surface area contributed by atoms with Crippen molar-refractivity contribution < 1.29 is 22.4 Å². The second kappa shape index (κ2) is 8.03. The van der Waals surface area contributed by atoms with E-state index in [4.69, 9.17) is 5.73 Å². The number of halogens is 4. The Labute approximate surface area is 153 Å². The molecule has 4 nitrogen and oxygen atoms in total. The van der Waals surface area contributed by atoms with E-state index in [1.807, 2.05) is 37.3 Å². The number of aryl methyl sites for hydroxylation is 2. The fraction of sp³-hybridized carbons (Fsp3) is 0.158. The second-order valence-electron chi connectivity index (χ2n) is 5.80. The number of benzene rings is 2. The maximum absolute atomic E-state index is 12.9. The number of alkyl halides is 3. The average Bonchev–Trinajstić information content (AvgIpc) is 2.99. The van der Waals surface area contributed by atoms with E-state index in [-0.39, 0.29) is 5.82 Å². The molecule has 0 radical (unpaired) electrons. The van der Waals surface area contributed by atoms with Crippen LogP contribution in [0.25, 0.3) is 11.1 Å². The quantitative estimate of drug-likeness (QED) is 0.674. The van der Waals surface area contributed by atoms with Gasteiger partial charge < -0.3 is 5.73 Å². The Kier molecular flexibility index (Phi) is 5.99. The van der Waals surface area contributed by atoms with Gasteiger partial charge in [0.25, 0.3) is 5.91 Å². The molecule has 2 N–H and O–H groups in total. The van der Waals surface area contributed by atoms with Gasteiger partial charge in [0.1, 0.15) is 5.82 Å². The van der Waals surface area contributed by atoms with Crippen LogP contribution in [0.3, 0.4) is 0 Å². The Morgan fingerprint density at radius 3 is 2.19 bits per heavy atom. The van der Waals surface area contributed by atoms with Gasteiger partial charge in [-0.25, -0.2) is 4.39 Å². The first-order valence-corrected chi connectivity index (χ1v) is 7.81. The molecule has 27 heavy (non-hydrogen) atoms. The number of carbonyl (C=O) groups excluding carboxylic acids is 1. The van der Waals surface area contributed by atoms with Crippen molar-refractivity contribution in [1.82, 2.24) is 9.78 Å². The van der Waals surface area contributed by atoms with Crippen LogP contribution in [-0.2, 0) is 13.2 Å². The van der Waals surface area contributed by atoms with Crippen LogP contribution in [0.4, 0.5) is 17.6 Å². The van der Waals surface area contributed by atoms with Crippen molar-refractivity contribution in [3.8, 4) is 11.1 Å². The molecule has 8 heteroatoms. The minimum atomic E-state index is -4.65. The van der Waals surface area contributed by atoms with E-state index in [9.17, 15) is 22.4 Å². The monoisotopic (exact) mass is 379 g/mol. The molecule has 0 saturated heterocycles. The van der Waals surface area contributed by atoms with Crippen LogP contribution < -0.4 is 5.73 Å². The molecule has 142 valence electrons. The highest BCUT2D eigenvalue weighted by atomic mass is 19.4. The second-order valence-corrected chi connectivity index (χ2v) is 5.80. The predicted molar refractivity (Wildman–Crippen MR) is 93.3 cm³/mol. The van der Waals surface area contributed by atoms with Crippen molar-refractivity contribution in [2.45, 2.75) is 13.1 Å². The van der Waals surface area contributed by atoms with Gasteiger partial charge in [0.05, 0.1) is 5.56 Å². The molecule has 3 aromatic rings. The molecule has 3 rings (SSSR count). The molecule has 1 heterocycles. The summed E-state index contributed by atoms with van der Waals surface area (Å²) in [5.41, 5.74) is 6.05. The zero-order chi connectivity index (χ0) is 20.2. The normalized spacial score (nSPS) is 10.9. The number of hydrogen-bond acceptors (Lipinski definition) is 2. The summed E-state index contributed by atoms with van der Waals surface area (Å²) in [4.78, 5) is 10.6. The first-order valence-electron chi connectivity index (χ1n) is 7.81. The summed E-state index contributed by atoms with van der Waals surface area (Å²) < 4.78 is 50.2. The van der Waals surface area contributed by atoms with Crippen molar-refractivity contribution in [3.63, 3.8) is 0 Å². The fourth-order valence-corrected chi connectivity index (χ4v) is 2.29. The fourth-order valence-electron chi connectivity index (χ4n) is 2.29. The van der Waals surface area contributed by atoms with Gasteiger partial charge in [0, 0.05) is 13.2 Å². The third-order valence-electron chi connectivity index (χ3n) is 3.57. The van der Waals surface area contributed by atoms with Crippen molar-refractivity contribution in [2.75, 3.05) is 0 Å². The Morgan fingerprint density at radius 1 is 1.07 bits per heavy atom. The molecule has 1 aromatic heterocycles. The highest BCUT2D eigenvalue weighted by Gasteiger charge is 2.38. The summed E-state index contributed by atoms with van der Waals surface area (Å²) in [6.45, 7) is 2.04. The lowest BCUT2D eigenvalue weighted by Gasteiger charge is -2.02. The van der Waals surface area contributed by atoms with E-state index < -0.39 is 23.3 Å². The highest BCUT2D eigenvalue weighted by Crippen LogP contribution is 2.30. The number of hydrogen-bond donors (Lipinski definition) is 1. The van der Waals surface area contributed by atoms with Crippen LogP contribution in [0.5, 0.6) is 0 Å². The Hall–Kier alpha value is -3.16. The summed E-state index contributed by atoms with van der Waals surface area (Å²) in [6, 6.07) is 14.7. The smallest absolute Gasteiger partial charge is 0.365 e. The Balaban J connectivity index is 0.000000194. The van der Waals surface area contributed by atoms with E-state index in [0.717, 1.165) is 22.0 Å². The maximum Gasteiger partial charge on any atom is 0.435 e. The van der Waals surface area contributed by atoms with E-state index >= 15 is 0 Å². The standard InChI is InChI=1S/C13H11F.C6H6F3N3O/c1-10-5-7-11(8-6-10)12-3-2-4-13(14)9-12;1-12-2-3(5(10)13)4(11-12)6(7,8)9/h2-9H,1H3;2H,1H3,(H2,10,13). The summed E-state index contributed by atoms with van der Waals surface area (Å²) in [5.74, 6) is -1.33. The molecule has 0 bridgehead atoms. The largest absolute Gasteiger partial charge is 0.435 e. The van der Waals surface area contributed by atoms with Crippen molar-refractivity contribution >= 4 is 5.91 Å². The molecular weight excluding hydrogens is 362 g/mol. The molecule has 0 saturated carbocycles. The number of aromatic nitrogens is 2. The van der Waals surface area contributed by atoms with Crippen LogP contribution in [0.2, 0.25) is 0 Å². The SMILES string of the molecule is Cc1ccc(-c2cccc(F)c2)cc1.Cn1cc(C(N)=O)c(C(F)(F)F)n1. The van der Waals surface area contributed by atoms with E-state index in [2.05, 4.69) is 5.10 Å². The molecule has 1 amide bonds. The van der Waals surface area contributed by atoms with Gasteiger partial charge in [-0.1, -0.05) is 42.0 Å². The van der Waals surface area contributed by atoms with Crippen LogP contribution in [0.15, 0.2) is 54.7 Å².